The van der Waals surface area contributed by atoms with Crippen molar-refractivity contribution < 1.29 is 4.74 Å². The Morgan fingerprint density at radius 3 is 2.38 bits per heavy atom. The van der Waals surface area contributed by atoms with Crippen LogP contribution in [0.4, 0.5) is 0 Å². The molecule has 74 valence electrons. The van der Waals surface area contributed by atoms with Crippen molar-refractivity contribution >= 4 is 0 Å². The monoisotopic (exact) mass is 182 g/mol. The first-order chi connectivity index (χ1) is 6.02. The molecule has 1 aromatic heterocycles. The first kappa shape index (κ1) is 10.3. The summed E-state index contributed by atoms with van der Waals surface area (Å²) in [5.41, 5.74) is 3.50. The third-order valence-corrected chi connectivity index (χ3v) is 2.29. The molecule has 1 aromatic rings. The van der Waals surface area contributed by atoms with E-state index in [0.29, 0.717) is 6.61 Å². The van der Waals surface area contributed by atoms with Crippen LogP contribution in [0.3, 0.4) is 0 Å². The SMILES string of the molecule is Cc1c(COC(C)C)nn(C)c1C. The second kappa shape index (κ2) is 3.92. The first-order valence-electron chi connectivity index (χ1n) is 4.63. The lowest BCUT2D eigenvalue weighted by molar-refractivity contribution is 0.0630. The molecule has 3 nitrogen and oxygen atoms in total. The quantitative estimate of drug-likeness (QED) is 0.714. The number of aryl methyl sites for hydroxylation is 1. The van der Waals surface area contributed by atoms with Crippen LogP contribution in [0.15, 0.2) is 0 Å². The van der Waals surface area contributed by atoms with E-state index < -0.39 is 0 Å². The van der Waals surface area contributed by atoms with Crippen LogP contribution in [0, 0.1) is 13.8 Å². The molecule has 0 atom stereocenters. The van der Waals surface area contributed by atoms with Gasteiger partial charge in [0.1, 0.15) is 0 Å². The van der Waals surface area contributed by atoms with Gasteiger partial charge in [-0.25, -0.2) is 0 Å². The van der Waals surface area contributed by atoms with E-state index in [1.807, 2.05) is 25.6 Å². The molecule has 0 aliphatic heterocycles. The van der Waals surface area contributed by atoms with Gasteiger partial charge in [-0.1, -0.05) is 0 Å². The summed E-state index contributed by atoms with van der Waals surface area (Å²) >= 11 is 0. The number of hydrogen-bond acceptors (Lipinski definition) is 2. The van der Waals surface area contributed by atoms with Crippen LogP contribution in [0.25, 0.3) is 0 Å². The Morgan fingerprint density at radius 1 is 1.38 bits per heavy atom. The molecular weight excluding hydrogens is 164 g/mol. The summed E-state index contributed by atoms with van der Waals surface area (Å²) < 4.78 is 7.40. The average Bonchev–Trinajstić information content (AvgIpc) is 2.29. The highest BCUT2D eigenvalue weighted by Gasteiger charge is 2.08. The number of rotatable bonds is 3. The van der Waals surface area contributed by atoms with E-state index in [0.717, 1.165) is 5.69 Å². The minimum atomic E-state index is 0.265. The van der Waals surface area contributed by atoms with Crippen molar-refractivity contribution in [3.63, 3.8) is 0 Å². The Kier molecular flexibility index (Phi) is 3.09. The Morgan fingerprint density at radius 2 is 2.00 bits per heavy atom. The first-order valence-corrected chi connectivity index (χ1v) is 4.63. The molecule has 0 unspecified atom stereocenters. The van der Waals surface area contributed by atoms with Gasteiger partial charge in [-0.15, -0.1) is 0 Å². The summed E-state index contributed by atoms with van der Waals surface area (Å²) in [7, 11) is 1.96. The highest BCUT2D eigenvalue weighted by molar-refractivity contribution is 5.22. The lowest BCUT2D eigenvalue weighted by atomic mass is 10.2. The zero-order chi connectivity index (χ0) is 10.0. The molecule has 0 spiro atoms. The smallest absolute Gasteiger partial charge is 0.0913 e. The Bertz CT molecular complexity index is 289. The van der Waals surface area contributed by atoms with Gasteiger partial charge >= 0.3 is 0 Å². The standard InChI is InChI=1S/C10H18N2O/c1-7(2)13-6-10-8(3)9(4)12(5)11-10/h7H,6H2,1-5H3. The molecule has 0 bridgehead atoms. The van der Waals surface area contributed by atoms with E-state index >= 15 is 0 Å². The van der Waals surface area contributed by atoms with E-state index in [9.17, 15) is 0 Å². The minimum Gasteiger partial charge on any atom is -0.372 e. The number of nitrogens with zero attached hydrogens (tertiary/aromatic N) is 2. The lowest BCUT2D eigenvalue weighted by Gasteiger charge is -2.05. The van der Waals surface area contributed by atoms with Crippen LogP contribution < -0.4 is 0 Å². The lowest BCUT2D eigenvalue weighted by Crippen LogP contribution is -2.03. The van der Waals surface area contributed by atoms with Gasteiger partial charge in [0.2, 0.25) is 0 Å². The maximum Gasteiger partial charge on any atom is 0.0913 e. The highest BCUT2D eigenvalue weighted by Crippen LogP contribution is 2.12. The molecule has 0 radical (unpaired) electrons. The molecule has 0 aliphatic rings. The minimum absolute atomic E-state index is 0.265. The largest absolute Gasteiger partial charge is 0.372 e. The predicted octanol–water partition coefficient (Wildman–Crippen LogP) is 1.96. The van der Waals surface area contributed by atoms with Crippen LogP contribution >= 0.6 is 0 Å². The van der Waals surface area contributed by atoms with Crippen molar-refractivity contribution in [1.82, 2.24) is 9.78 Å². The van der Waals surface area contributed by atoms with Crippen molar-refractivity contribution in [2.45, 2.75) is 40.4 Å². The van der Waals surface area contributed by atoms with E-state index in [2.05, 4.69) is 18.9 Å². The van der Waals surface area contributed by atoms with Crippen molar-refractivity contribution in [3.8, 4) is 0 Å². The molecule has 0 saturated carbocycles. The average molecular weight is 182 g/mol. The molecule has 1 rings (SSSR count). The molecule has 0 fully saturated rings. The van der Waals surface area contributed by atoms with Gasteiger partial charge in [0.25, 0.3) is 0 Å². The molecule has 0 N–H and O–H groups in total. The van der Waals surface area contributed by atoms with E-state index in [-0.39, 0.29) is 6.10 Å². The van der Waals surface area contributed by atoms with Crippen LogP contribution in [-0.4, -0.2) is 15.9 Å². The molecule has 0 saturated heterocycles. The predicted molar refractivity (Wildman–Crippen MR) is 52.6 cm³/mol. The van der Waals surface area contributed by atoms with Crippen molar-refractivity contribution in [2.75, 3.05) is 0 Å². The van der Waals surface area contributed by atoms with Crippen LogP contribution in [-0.2, 0) is 18.4 Å². The van der Waals surface area contributed by atoms with Gasteiger partial charge < -0.3 is 4.74 Å². The van der Waals surface area contributed by atoms with Crippen LogP contribution in [0.5, 0.6) is 0 Å². The fourth-order valence-corrected chi connectivity index (χ4v) is 1.17. The second-order valence-corrected chi connectivity index (χ2v) is 3.64. The Balaban J connectivity index is 2.72. The number of aromatic nitrogens is 2. The summed E-state index contributed by atoms with van der Waals surface area (Å²) in [5, 5.41) is 4.37. The summed E-state index contributed by atoms with van der Waals surface area (Å²) in [6.07, 6.45) is 0.265. The van der Waals surface area contributed by atoms with E-state index in [1.54, 1.807) is 0 Å². The molecule has 3 heteroatoms. The topological polar surface area (TPSA) is 27.1 Å². The molecule has 0 aliphatic carbocycles. The molecule has 0 aromatic carbocycles. The Hall–Kier alpha value is -0.830. The maximum absolute atomic E-state index is 5.50. The Labute approximate surface area is 79.7 Å². The summed E-state index contributed by atoms with van der Waals surface area (Å²) in [4.78, 5) is 0. The fraction of sp³-hybridized carbons (Fsp3) is 0.700. The summed E-state index contributed by atoms with van der Waals surface area (Å²) in [5.74, 6) is 0. The van der Waals surface area contributed by atoms with Crippen molar-refractivity contribution in [2.24, 2.45) is 7.05 Å². The third-order valence-electron chi connectivity index (χ3n) is 2.29. The van der Waals surface area contributed by atoms with Gasteiger partial charge in [-0.2, -0.15) is 5.10 Å². The number of ether oxygens (including phenoxy) is 1. The van der Waals surface area contributed by atoms with Crippen LogP contribution in [0.1, 0.15) is 30.8 Å². The highest BCUT2D eigenvalue weighted by atomic mass is 16.5. The third kappa shape index (κ3) is 2.31. The molecule has 13 heavy (non-hydrogen) atoms. The van der Waals surface area contributed by atoms with Gasteiger partial charge in [0, 0.05) is 12.7 Å². The second-order valence-electron chi connectivity index (χ2n) is 3.64. The van der Waals surface area contributed by atoms with Gasteiger partial charge in [-0.05, 0) is 33.3 Å². The molecule has 1 heterocycles. The van der Waals surface area contributed by atoms with Crippen molar-refractivity contribution in [1.29, 1.82) is 0 Å². The molecule has 0 amide bonds. The maximum atomic E-state index is 5.50. The summed E-state index contributed by atoms with van der Waals surface area (Å²) in [6.45, 7) is 8.84. The van der Waals surface area contributed by atoms with E-state index in [4.69, 9.17) is 4.74 Å². The molecular formula is C10H18N2O. The van der Waals surface area contributed by atoms with Crippen LogP contribution in [0.2, 0.25) is 0 Å². The van der Waals surface area contributed by atoms with Gasteiger partial charge in [0.15, 0.2) is 0 Å². The van der Waals surface area contributed by atoms with Gasteiger partial charge in [0.05, 0.1) is 18.4 Å². The summed E-state index contributed by atoms with van der Waals surface area (Å²) in [6, 6.07) is 0. The normalized spacial score (nSPS) is 11.2. The zero-order valence-corrected chi connectivity index (χ0v) is 9.09. The van der Waals surface area contributed by atoms with Gasteiger partial charge in [-0.3, -0.25) is 4.68 Å². The fourth-order valence-electron chi connectivity index (χ4n) is 1.17. The van der Waals surface area contributed by atoms with E-state index in [1.165, 1.54) is 11.3 Å². The van der Waals surface area contributed by atoms with Crippen molar-refractivity contribution in [3.05, 3.63) is 17.0 Å². The zero-order valence-electron chi connectivity index (χ0n) is 9.09. The number of hydrogen-bond donors (Lipinski definition) is 0.